The summed E-state index contributed by atoms with van der Waals surface area (Å²) in [7, 11) is 3.73. The zero-order valence-electron chi connectivity index (χ0n) is 12.8. The molecule has 1 heterocycles. The first-order valence-electron chi connectivity index (χ1n) is 7.41. The van der Waals surface area contributed by atoms with Crippen LogP contribution >= 0.6 is 0 Å². The van der Waals surface area contributed by atoms with Crippen molar-refractivity contribution in [3.8, 4) is 5.75 Å². The van der Waals surface area contributed by atoms with E-state index in [2.05, 4.69) is 30.2 Å². The van der Waals surface area contributed by atoms with Gasteiger partial charge in [0.2, 0.25) is 0 Å². The predicted octanol–water partition coefficient (Wildman–Crippen LogP) is 3.96. The predicted molar refractivity (Wildman–Crippen MR) is 80.5 cm³/mol. The van der Waals surface area contributed by atoms with Crippen LogP contribution in [0, 0.1) is 5.92 Å². The minimum Gasteiger partial charge on any atom is -0.495 e. The van der Waals surface area contributed by atoms with Gasteiger partial charge < -0.3 is 10.1 Å². The maximum Gasteiger partial charge on any atom is 0.141 e. The first-order valence-corrected chi connectivity index (χ1v) is 7.41. The molecule has 2 atom stereocenters. The van der Waals surface area contributed by atoms with Crippen molar-refractivity contribution in [3.63, 3.8) is 0 Å². The summed E-state index contributed by atoms with van der Waals surface area (Å²) in [5.74, 6) is 1.66. The molecule has 2 unspecified atom stereocenters. The molecule has 19 heavy (non-hydrogen) atoms. The van der Waals surface area contributed by atoms with Gasteiger partial charge in [-0.05, 0) is 25.5 Å². The average molecular weight is 264 g/mol. The van der Waals surface area contributed by atoms with Crippen LogP contribution in [-0.4, -0.2) is 19.1 Å². The molecular formula is C16H28N2O. The first-order chi connectivity index (χ1) is 9.26. The van der Waals surface area contributed by atoms with E-state index in [4.69, 9.17) is 4.74 Å². The largest absolute Gasteiger partial charge is 0.495 e. The quantitative estimate of drug-likeness (QED) is 0.733. The Morgan fingerprint density at radius 1 is 1.37 bits per heavy atom. The molecular weight excluding hydrogens is 236 g/mol. The van der Waals surface area contributed by atoms with Crippen molar-refractivity contribution in [1.82, 2.24) is 10.3 Å². The fourth-order valence-corrected chi connectivity index (χ4v) is 2.56. The van der Waals surface area contributed by atoms with Crippen LogP contribution in [0.15, 0.2) is 18.5 Å². The number of hydrogen-bond acceptors (Lipinski definition) is 3. The van der Waals surface area contributed by atoms with Gasteiger partial charge in [0.05, 0.1) is 13.3 Å². The van der Waals surface area contributed by atoms with Gasteiger partial charge in [0, 0.05) is 17.8 Å². The van der Waals surface area contributed by atoms with Gasteiger partial charge in [-0.3, -0.25) is 4.98 Å². The second-order valence-corrected chi connectivity index (χ2v) is 5.11. The fraction of sp³-hybridized carbons (Fsp3) is 0.688. The Balaban J connectivity index is 2.75. The van der Waals surface area contributed by atoms with E-state index in [0.29, 0.717) is 6.04 Å². The van der Waals surface area contributed by atoms with Crippen molar-refractivity contribution in [2.24, 2.45) is 5.92 Å². The van der Waals surface area contributed by atoms with E-state index in [1.165, 1.54) is 31.2 Å². The van der Waals surface area contributed by atoms with Crippen molar-refractivity contribution >= 4 is 0 Å². The van der Waals surface area contributed by atoms with Crippen molar-refractivity contribution in [2.45, 2.75) is 52.0 Å². The summed E-state index contributed by atoms with van der Waals surface area (Å²) in [6.45, 7) is 4.55. The van der Waals surface area contributed by atoms with Crippen molar-refractivity contribution in [1.29, 1.82) is 0 Å². The number of pyridine rings is 1. The third-order valence-corrected chi connectivity index (χ3v) is 3.87. The van der Waals surface area contributed by atoms with Gasteiger partial charge in [0.15, 0.2) is 0 Å². The summed E-state index contributed by atoms with van der Waals surface area (Å²) in [5.41, 5.74) is 1.22. The Kier molecular flexibility index (Phi) is 7.49. The van der Waals surface area contributed by atoms with Gasteiger partial charge in [-0.25, -0.2) is 0 Å². The van der Waals surface area contributed by atoms with E-state index in [-0.39, 0.29) is 0 Å². The molecule has 0 aliphatic carbocycles. The van der Waals surface area contributed by atoms with Gasteiger partial charge in [0.25, 0.3) is 0 Å². The highest BCUT2D eigenvalue weighted by molar-refractivity contribution is 5.32. The van der Waals surface area contributed by atoms with Crippen LogP contribution in [0.3, 0.4) is 0 Å². The Hall–Kier alpha value is -1.09. The lowest BCUT2D eigenvalue weighted by Crippen LogP contribution is -2.20. The third-order valence-electron chi connectivity index (χ3n) is 3.87. The normalized spacial score (nSPS) is 14.1. The van der Waals surface area contributed by atoms with E-state index < -0.39 is 0 Å². The Morgan fingerprint density at radius 3 is 2.74 bits per heavy atom. The van der Waals surface area contributed by atoms with Gasteiger partial charge in [-0.15, -0.1) is 0 Å². The summed E-state index contributed by atoms with van der Waals surface area (Å²) in [6, 6.07) is 2.41. The topological polar surface area (TPSA) is 34.2 Å². The maximum atomic E-state index is 5.42. The Morgan fingerprint density at radius 2 is 2.16 bits per heavy atom. The summed E-state index contributed by atoms with van der Waals surface area (Å²) in [5, 5.41) is 3.43. The van der Waals surface area contributed by atoms with Gasteiger partial charge in [-0.1, -0.05) is 39.5 Å². The Bertz CT molecular complexity index is 354. The molecule has 0 aromatic carbocycles. The smallest absolute Gasteiger partial charge is 0.141 e. The molecule has 0 bridgehead atoms. The van der Waals surface area contributed by atoms with Crippen LogP contribution in [0.2, 0.25) is 0 Å². The second kappa shape index (κ2) is 8.92. The van der Waals surface area contributed by atoms with Gasteiger partial charge in [-0.2, -0.15) is 0 Å². The molecule has 0 amide bonds. The lowest BCUT2D eigenvalue weighted by molar-refractivity contribution is 0.350. The lowest BCUT2D eigenvalue weighted by Gasteiger charge is -2.24. The van der Waals surface area contributed by atoms with Crippen LogP contribution in [-0.2, 0) is 0 Å². The second-order valence-electron chi connectivity index (χ2n) is 5.11. The van der Waals surface area contributed by atoms with E-state index in [0.717, 1.165) is 18.1 Å². The lowest BCUT2D eigenvalue weighted by atomic mass is 9.89. The molecule has 0 aliphatic heterocycles. The number of ether oxygens (including phenoxy) is 1. The minimum atomic E-state index is 0.347. The molecule has 0 aliphatic rings. The molecule has 1 aromatic rings. The molecule has 0 radical (unpaired) electrons. The molecule has 1 N–H and O–H groups in total. The van der Waals surface area contributed by atoms with Crippen molar-refractivity contribution < 1.29 is 4.74 Å². The van der Waals surface area contributed by atoms with Gasteiger partial charge >= 0.3 is 0 Å². The van der Waals surface area contributed by atoms with E-state index >= 15 is 0 Å². The number of nitrogens with zero attached hydrogens (tertiary/aromatic N) is 1. The standard InChI is InChI=1S/C16H28N2O/c1-5-7-8-13(6-2)11-15(17-3)14-9-10-18-12-16(14)19-4/h9-10,12-13,15,17H,5-8,11H2,1-4H3. The summed E-state index contributed by atoms with van der Waals surface area (Å²) < 4.78 is 5.42. The summed E-state index contributed by atoms with van der Waals surface area (Å²) >= 11 is 0. The first kappa shape index (κ1) is 16.0. The molecule has 3 heteroatoms. The number of nitrogens with one attached hydrogen (secondary N) is 1. The van der Waals surface area contributed by atoms with E-state index in [9.17, 15) is 0 Å². The van der Waals surface area contributed by atoms with Crippen LogP contribution in [0.1, 0.15) is 57.6 Å². The monoisotopic (exact) mass is 264 g/mol. The highest BCUT2D eigenvalue weighted by atomic mass is 16.5. The SMILES string of the molecule is CCCCC(CC)CC(NC)c1ccncc1OC. The van der Waals surface area contributed by atoms with E-state index in [1.54, 1.807) is 13.3 Å². The molecule has 0 fully saturated rings. The minimum absolute atomic E-state index is 0.347. The zero-order chi connectivity index (χ0) is 14.1. The average Bonchev–Trinajstić information content (AvgIpc) is 2.47. The summed E-state index contributed by atoms with van der Waals surface area (Å²) in [6.07, 6.45) is 9.96. The number of rotatable bonds is 9. The third kappa shape index (κ3) is 4.83. The number of methoxy groups -OCH3 is 1. The molecule has 0 saturated heterocycles. The zero-order valence-corrected chi connectivity index (χ0v) is 12.8. The fourth-order valence-electron chi connectivity index (χ4n) is 2.56. The molecule has 1 rings (SSSR count). The van der Waals surface area contributed by atoms with Gasteiger partial charge in [0.1, 0.15) is 5.75 Å². The number of aromatic nitrogens is 1. The molecule has 0 spiro atoms. The Labute approximate surface area is 117 Å². The van der Waals surface area contributed by atoms with Crippen LogP contribution in [0.5, 0.6) is 5.75 Å². The van der Waals surface area contributed by atoms with Crippen LogP contribution in [0.25, 0.3) is 0 Å². The maximum absolute atomic E-state index is 5.42. The summed E-state index contributed by atoms with van der Waals surface area (Å²) in [4.78, 5) is 4.13. The van der Waals surface area contributed by atoms with Crippen LogP contribution < -0.4 is 10.1 Å². The highest BCUT2D eigenvalue weighted by Crippen LogP contribution is 2.31. The van der Waals surface area contributed by atoms with E-state index in [1.807, 2.05) is 13.2 Å². The molecule has 0 saturated carbocycles. The molecule has 3 nitrogen and oxygen atoms in total. The van der Waals surface area contributed by atoms with Crippen molar-refractivity contribution in [3.05, 3.63) is 24.0 Å². The molecule has 108 valence electrons. The molecule has 1 aromatic heterocycles. The number of hydrogen-bond donors (Lipinski definition) is 1. The number of unbranched alkanes of at least 4 members (excludes halogenated alkanes) is 1. The highest BCUT2D eigenvalue weighted by Gasteiger charge is 2.18. The van der Waals surface area contributed by atoms with Crippen molar-refractivity contribution in [2.75, 3.05) is 14.2 Å². The van der Waals surface area contributed by atoms with Crippen LogP contribution in [0.4, 0.5) is 0 Å².